The molecule has 0 fully saturated rings. The molecule has 27 heavy (non-hydrogen) atoms. The lowest BCUT2D eigenvalue weighted by Crippen LogP contribution is -2.29. The minimum atomic E-state index is -3.71. The number of amides is 1. The van der Waals surface area contributed by atoms with Gasteiger partial charge in [0.2, 0.25) is 12.7 Å². The molecule has 0 bridgehead atoms. The van der Waals surface area contributed by atoms with Crippen molar-refractivity contribution in [3.63, 3.8) is 0 Å². The van der Waals surface area contributed by atoms with E-state index in [4.69, 9.17) is 13.7 Å². The van der Waals surface area contributed by atoms with Crippen LogP contribution in [0, 0.1) is 0 Å². The van der Waals surface area contributed by atoms with Gasteiger partial charge in [-0.1, -0.05) is 6.07 Å². The lowest BCUT2D eigenvalue weighted by molar-refractivity contribution is -0.120. The van der Waals surface area contributed by atoms with Crippen molar-refractivity contribution in [2.24, 2.45) is 0 Å². The molecule has 0 aromatic heterocycles. The summed E-state index contributed by atoms with van der Waals surface area (Å²) in [5.74, 6) is 0.886. The SMILES string of the molecule is CS(=O)(=O)Oc1ccc2c(c1)-c1cc3c(cc1[C@@H](O)CNC(=O)C2)OCO3. The molecular formula is C18H17NO7S. The van der Waals surface area contributed by atoms with Gasteiger partial charge in [-0.25, -0.2) is 0 Å². The summed E-state index contributed by atoms with van der Waals surface area (Å²) in [7, 11) is -3.71. The van der Waals surface area contributed by atoms with Crippen molar-refractivity contribution in [2.45, 2.75) is 12.5 Å². The molecule has 0 saturated heterocycles. The van der Waals surface area contributed by atoms with Crippen LogP contribution in [0.25, 0.3) is 11.1 Å². The van der Waals surface area contributed by atoms with Gasteiger partial charge in [0, 0.05) is 6.54 Å². The summed E-state index contributed by atoms with van der Waals surface area (Å²) in [5, 5.41) is 13.3. The molecular weight excluding hydrogens is 374 g/mol. The lowest BCUT2D eigenvalue weighted by Gasteiger charge is -2.17. The molecule has 2 N–H and O–H groups in total. The van der Waals surface area contributed by atoms with Gasteiger partial charge >= 0.3 is 10.1 Å². The summed E-state index contributed by atoms with van der Waals surface area (Å²) in [6.07, 6.45) is 0.0661. The number of carbonyl (C=O) groups excluding carboxylic acids is 1. The molecule has 8 nitrogen and oxygen atoms in total. The van der Waals surface area contributed by atoms with E-state index in [9.17, 15) is 18.3 Å². The Hall–Kier alpha value is -2.78. The summed E-state index contributed by atoms with van der Waals surface area (Å²) < 4.78 is 38.8. The Morgan fingerprint density at radius 2 is 1.89 bits per heavy atom. The Balaban J connectivity index is 1.93. The fourth-order valence-electron chi connectivity index (χ4n) is 3.21. The van der Waals surface area contributed by atoms with E-state index in [1.54, 1.807) is 24.3 Å². The molecule has 1 amide bonds. The van der Waals surface area contributed by atoms with E-state index in [1.165, 1.54) is 6.07 Å². The Morgan fingerprint density at radius 3 is 2.63 bits per heavy atom. The number of carbonyl (C=O) groups is 1. The number of benzene rings is 2. The van der Waals surface area contributed by atoms with Crippen molar-refractivity contribution < 1.29 is 32.0 Å². The van der Waals surface area contributed by atoms with Crippen LogP contribution in [0.1, 0.15) is 17.2 Å². The highest BCUT2D eigenvalue weighted by Gasteiger charge is 2.26. The van der Waals surface area contributed by atoms with E-state index in [0.29, 0.717) is 33.8 Å². The highest BCUT2D eigenvalue weighted by molar-refractivity contribution is 7.86. The Morgan fingerprint density at radius 1 is 1.15 bits per heavy atom. The molecule has 2 aromatic carbocycles. The van der Waals surface area contributed by atoms with Gasteiger partial charge in [-0.2, -0.15) is 8.42 Å². The van der Waals surface area contributed by atoms with Gasteiger partial charge in [-0.3, -0.25) is 4.79 Å². The van der Waals surface area contributed by atoms with E-state index in [-0.39, 0.29) is 31.4 Å². The van der Waals surface area contributed by atoms with Crippen LogP contribution in [-0.4, -0.2) is 39.0 Å². The topological polar surface area (TPSA) is 111 Å². The Kier molecular flexibility index (Phi) is 4.20. The lowest BCUT2D eigenvalue weighted by atomic mass is 9.91. The summed E-state index contributed by atoms with van der Waals surface area (Å²) in [6, 6.07) is 8.08. The van der Waals surface area contributed by atoms with Crippen LogP contribution < -0.4 is 19.0 Å². The molecule has 0 spiro atoms. The fraction of sp³-hybridized carbons (Fsp3) is 0.278. The normalized spacial score (nSPS) is 18.4. The van der Waals surface area contributed by atoms with E-state index in [1.807, 2.05) is 0 Å². The molecule has 2 heterocycles. The summed E-state index contributed by atoms with van der Waals surface area (Å²) in [4.78, 5) is 12.2. The van der Waals surface area contributed by atoms with E-state index in [0.717, 1.165) is 6.26 Å². The molecule has 0 radical (unpaired) electrons. The third-order valence-corrected chi connectivity index (χ3v) is 4.86. The zero-order chi connectivity index (χ0) is 19.2. The van der Waals surface area contributed by atoms with Gasteiger partial charge in [0.25, 0.3) is 0 Å². The highest BCUT2D eigenvalue weighted by atomic mass is 32.2. The maximum absolute atomic E-state index is 12.2. The number of ether oxygens (including phenoxy) is 2. The van der Waals surface area contributed by atoms with Gasteiger partial charge in [-0.05, 0) is 46.5 Å². The molecule has 0 unspecified atom stereocenters. The molecule has 0 saturated carbocycles. The third-order valence-electron chi connectivity index (χ3n) is 4.37. The maximum Gasteiger partial charge on any atom is 0.306 e. The monoisotopic (exact) mass is 391 g/mol. The van der Waals surface area contributed by atoms with Gasteiger partial charge in [0.1, 0.15) is 5.75 Å². The average molecular weight is 391 g/mol. The third kappa shape index (κ3) is 3.56. The molecule has 4 rings (SSSR count). The van der Waals surface area contributed by atoms with Crippen LogP contribution in [0.3, 0.4) is 0 Å². The molecule has 0 aliphatic carbocycles. The van der Waals surface area contributed by atoms with Crippen molar-refractivity contribution >= 4 is 16.0 Å². The van der Waals surface area contributed by atoms with Crippen LogP contribution in [0.2, 0.25) is 0 Å². The standard InChI is InChI=1S/C18H17NO7S/c1-27(22,23)26-11-3-2-10-4-18(21)19-8-15(20)14-7-17-16(24-9-25-17)6-13(14)12(10)5-11/h2-3,5-7,15,20H,4,8-9H2,1H3,(H,19,21)/t15-/m0/s1. The zero-order valence-corrected chi connectivity index (χ0v) is 15.2. The van der Waals surface area contributed by atoms with Crippen molar-refractivity contribution in [1.82, 2.24) is 5.32 Å². The van der Waals surface area contributed by atoms with Gasteiger partial charge < -0.3 is 24.1 Å². The summed E-state index contributed by atoms with van der Waals surface area (Å²) >= 11 is 0. The second-order valence-corrected chi connectivity index (χ2v) is 7.97. The largest absolute Gasteiger partial charge is 0.454 e. The van der Waals surface area contributed by atoms with Crippen LogP contribution in [0.4, 0.5) is 0 Å². The zero-order valence-electron chi connectivity index (χ0n) is 14.4. The van der Waals surface area contributed by atoms with Gasteiger partial charge in [-0.15, -0.1) is 0 Å². The predicted molar refractivity (Wildman–Crippen MR) is 95.1 cm³/mol. The first-order valence-corrected chi connectivity index (χ1v) is 10.0. The Labute approximate surface area is 155 Å². The minimum Gasteiger partial charge on any atom is -0.454 e. The van der Waals surface area contributed by atoms with Crippen molar-refractivity contribution in [3.05, 3.63) is 41.5 Å². The van der Waals surface area contributed by atoms with Gasteiger partial charge in [0.15, 0.2) is 11.5 Å². The number of hydrogen-bond acceptors (Lipinski definition) is 7. The summed E-state index contributed by atoms with van der Waals surface area (Å²) in [6.45, 7) is 0.126. The molecule has 9 heteroatoms. The molecule has 2 aliphatic heterocycles. The van der Waals surface area contributed by atoms with E-state index < -0.39 is 16.2 Å². The highest BCUT2D eigenvalue weighted by Crippen LogP contribution is 2.43. The Bertz CT molecular complexity index is 1030. The number of hydrogen-bond donors (Lipinski definition) is 2. The van der Waals surface area contributed by atoms with Crippen molar-refractivity contribution in [2.75, 3.05) is 19.6 Å². The van der Waals surface area contributed by atoms with Crippen molar-refractivity contribution in [1.29, 1.82) is 0 Å². The quantitative estimate of drug-likeness (QED) is 0.738. The first-order chi connectivity index (χ1) is 12.8. The minimum absolute atomic E-state index is 0.0478. The van der Waals surface area contributed by atoms with Crippen LogP contribution in [0.15, 0.2) is 30.3 Å². The number of nitrogens with one attached hydrogen (secondary N) is 1. The second-order valence-electron chi connectivity index (χ2n) is 6.40. The number of β-amino-alcohol motifs (C(OH)–C–C–N with tert-alkyl or cyclic N) is 1. The molecule has 2 aliphatic rings. The molecule has 1 atom stereocenters. The second kappa shape index (κ2) is 6.43. The first-order valence-electron chi connectivity index (χ1n) is 8.21. The number of aliphatic hydroxyl groups is 1. The smallest absolute Gasteiger partial charge is 0.306 e. The summed E-state index contributed by atoms with van der Waals surface area (Å²) in [5.41, 5.74) is 2.42. The number of fused-ring (bicyclic) bond motifs is 4. The van der Waals surface area contributed by atoms with Crippen molar-refractivity contribution in [3.8, 4) is 28.4 Å². The number of aliphatic hydroxyl groups excluding tert-OH is 1. The van der Waals surface area contributed by atoms with Crippen LogP contribution in [0.5, 0.6) is 17.2 Å². The molecule has 142 valence electrons. The maximum atomic E-state index is 12.2. The van der Waals surface area contributed by atoms with E-state index >= 15 is 0 Å². The van der Waals surface area contributed by atoms with Crippen LogP contribution in [-0.2, 0) is 21.3 Å². The van der Waals surface area contributed by atoms with Crippen LogP contribution >= 0.6 is 0 Å². The van der Waals surface area contributed by atoms with Gasteiger partial charge in [0.05, 0.1) is 18.8 Å². The number of rotatable bonds is 2. The predicted octanol–water partition coefficient (Wildman–Crippen LogP) is 1.13. The average Bonchev–Trinajstić information content (AvgIpc) is 3.06. The van der Waals surface area contributed by atoms with E-state index in [2.05, 4.69) is 5.32 Å². The fourth-order valence-corrected chi connectivity index (χ4v) is 3.66. The molecule has 2 aromatic rings. The first kappa shape index (κ1) is 17.6.